The number of halogens is 1. The fourth-order valence-electron chi connectivity index (χ4n) is 1.02. The van der Waals surface area contributed by atoms with Crippen LogP contribution in [0.15, 0.2) is 18.2 Å². The van der Waals surface area contributed by atoms with Gasteiger partial charge in [0.2, 0.25) is 0 Å². The maximum atomic E-state index is 12.9. The Morgan fingerprint density at radius 1 is 1.57 bits per heavy atom. The predicted octanol–water partition coefficient (Wildman–Crippen LogP) is 0.919. The molecule has 0 bridgehead atoms. The van der Waals surface area contributed by atoms with Gasteiger partial charge in [-0.25, -0.2) is 4.39 Å². The number of benzene rings is 1. The van der Waals surface area contributed by atoms with Gasteiger partial charge in [0.1, 0.15) is 17.6 Å². The SMILES string of the molecule is COc1cc(F)cc(C(N)C(=O)O)c1. The van der Waals surface area contributed by atoms with Crippen molar-refractivity contribution in [2.24, 2.45) is 5.73 Å². The number of carbonyl (C=O) groups is 1. The number of hydrogen-bond acceptors (Lipinski definition) is 3. The van der Waals surface area contributed by atoms with Crippen LogP contribution in [0.3, 0.4) is 0 Å². The largest absolute Gasteiger partial charge is 0.497 e. The van der Waals surface area contributed by atoms with Crippen molar-refractivity contribution in [1.82, 2.24) is 0 Å². The molecule has 0 aliphatic heterocycles. The van der Waals surface area contributed by atoms with Crippen LogP contribution in [0.2, 0.25) is 0 Å². The number of methoxy groups -OCH3 is 1. The zero-order chi connectivity index (χ0) is 10.7. The summed E-state index contributed by atoms with van der Waals surface area (Å²) in [7, 11) is 1.37. The summed E-state index contributed by atoms with van der Waals surface area (Å²) in [5.41, 5.74) is 5.48. The third kappa shape index (κ3) is 2.20. The van der Waals surface area contributed by atoms with Crippen molar-refractivity contribution in [2.45, 2.75) is 6.04 Å². The molecule has 0 saturated heterocycles. The molecule has 1 atom stereocenters. The van der Waals surface area contributed by atoms with Crippen LogP contribution < -0.4 is 10.5 Å². The fourth-order valence-corrected chi connectivity index (χ4v) is 1.02. The molecule has 0 amide bonds. The predicted molar refractivity (Wildman–Crippen MR) is 47.5 cm³/mol. The van der Waals surface area contributed by atoms with Crippen LogP contribution in [-0.4, -0.2) is 18.2 Å². The lowest BCUT2D eigenvalue weighted by Gasteiger charge is -2.08. The zero-order valence-electron chi connectivity index (χ0n) is 7.53. The topological polar surface area (TPSA) is 72.5 Å². The van der Waals surface area contributed by atoms with E-state index in [4.69, 9.17) is 15.6 Å². The minimum atomic E-state index is -1.24. The van der Waals surface area contributed by atoms with E-state index in [2.05, 4.69) is 0 Å². The Balaban J connectivity index is 3.08. The summed E-state index contributed by atoms with van der Waals surface area (Å²) in [5, 5.41) is 8.60. The average Bonchev–Trinajstić information content (AvgIpc) is 2.15. The van der Waals surface area contributed by atoms with Crippen LogP contribution in [0.1, 0.15) is 11.6 Å². The third-order valence-corrected chi connectivity index (χ3v) is 1.75. The molecule has 0 fully saturated rings. The molecule has 1 aromatic rings. The van der Waals surface area contributed by atoms with Crippen molar-refractivity contribution < 1.29 is 19.0 Å². The number of aliphatic carboxylic acids is 1. The van der Waals surface area contributed by atoms with E-state index in [-0.39, 0.29) is 11.3 Å². The second-order valence-corrected chi connectivity index (χ2v) is 2.74. The van der Waals surface area contributed by atoms with E-state index in [0.717, 1.165) is 12.1 Å². The molecule has 1 rings (SSSR count). The smallest absolute Gasteiger partial charge is 0.325 e. The van der Waals surface area contributed by atoms with Gasteiger partial charge in [0, 0.05) is 6.07 Å². The van der Waals surface area contributed by atoms with E-state index < -0.39 is 17.8 Å². The van der Waals surface area contributed by atoms with Crippen molar-refractivity contribution in [2.75, 3.05) is 7.11 Å². The van der Waals surface area contributed by atoms with Crippen molar-refractivity contribution in [3.05, 3.63) is 29.6 Å². The van der Waals surface area contributed by atoms with Gasteiger partial charge in [0.25, 0.3) is 0 Å². The zero-order valence-corrected chi connectivity index (χ0v) is 7.53. The quantitative estimate of drug-likeness (QED) is 0.759. The highest BCUT2D eigenvalue weighted by atomic mass is 19.1. The molecule has 5 heteroatoms. The monoisotopic (exact) mass is 199 g/mol. The number of ether oxygens (including phenoxy) is 1. The number of nitrogens with two attached hydrogens (primary N) is 1. The summed E-state index contributed by atoms with van der Waals surface area (Å²) in [6, 6.07) is 2.38. The van der Waals surface area contributed by atoms with E-state index in [0.29, 0.717) is 0 Å². The van der Waals surface area contributed by atoms with Crippen molar-refractivity contribution in [1.29, 1.82) is 0 Å². The first-order valence-corrected chi connectivity index (χ1v) is 3.87. The van der Waals surface area contributed by atoms with E-state index in [9.17, 15) is 9.18 Å². The van der Waals surface area contributed by atoms with E-state index >= 15 is 0 Å². The first-order chi connectivity index (χ1) is 6.54. The molecule has 76 valence electrons. The summed E-state index contributed by atoms with van der Waals surface area (Å²) in [6.45, 7) is 0. The van der Waals surface area contributed by atoms with Gasteiger partial charge in [0.15, 0.2) is 0 Å². The molecule has 0 heterocycles. The Morgan fingerprint density at radius 2 is 2.21 bits per heavy atom. The van der Waals surface area contributed by atoms with Gasteiger partial charge < -0.3 is 15.6 Å². The van der Waals surface area contributed by atoms with Gasteiger partial charge in [-0.15, -0.1) is 0 Å². The molecule has 0 aliphatic carbocycles. The summed E-state index contributed by atoms with van der Waals surface area (Å²) < 4.78 is 17.7. The van der Waals surface area contributed by atoms with Gasteiger partial charge in [-0.1, -0.05) is 0 Å². The maximum Gasteiger partial charge on any atom is 0.325 e. The van der Waals surface area contributed by atoms with E-state index in [1.165, 1.54) is 13.2 Å². The molecule has 14 heavy (non-hydrogen) atoms. The fraction of sp³-hybridized carbons (Fsp3) is 0.222. The van der Waals surface area contributed by atoms with Crippen LogP contribution >= 0.6 is 0 Å². The summed E-state index contributed by atoms with van der Waals surface area (Å²) in [6.07, 6.45) is 0. The molecule has 0 radical (unpaired) electrons. The average molecular weight is 199 g/mol. The lowest BCUT2D eigenvalue weighted by atomic mass is 10.1. The minimum Gasteiger partial charge on any atom is -0.497 e. The van der Waals surface area contributed by atoms with Gasteiger partial charge >= 0.3 is 5.97 Å². The molecule has 4 nitrogen and oxygen atoms in total. The van der Waals surface area contributed by atoms with Gasteiger partial charge in [-0.05, 0) is 17.7 Å². The highest BCUT2D eigenvalue weighted by Gasteiger charge is 2.15. The first-order valence-electron chi connectivity index (χ1n) is 3.87. The van der Waals surface area contributed by atoms with Gasteiger partial charge in [-0.3, -0.25) is 4.79 Å². The Labute approximate surface area is 80.1 Å². The number of carboxylic acid groups (broad SMARTS) is 1. The molecular weight excluding hydrogens is 189 g/mol. The Bertz CT molecular complexity index is 354. The normalized spacial score (nSPS) is 12.2. The summed E-state index contributed by atoms with van der Waals surface area (Å²) in [5.74, 6) is -1.54. The van der Waals surface area contributed by atoms with Crippen LogP contribution in [-0.2, 0) is 4.79 Å². The lowest BCUT2D eigenvalue weighted by molar-refractivity contribution is -0.138. The Morgan fingerprint density at radius 3 is 2.71 bits per heavy atom. The van der Waals surface area contributed by atoms with E-state index in [1.54, 1.807) is 0 Å². The molecule has 1 unspecified atom stereocenters. The van der Waals surface area contributed by atoms with Crippen LogP contribution in [0.25, 0.3) is 0 Å². The first kappa shape index (κ1) is 10.5. The minimum absolute atomic E-state index is 0.175. The number of rotatable bonds is 3. The summed E-state index contributed by atoms with van der Waals surface area (Å²) >= 11 is 0. The second-order valence-electron chi connectivity index (χ2n) is 2.74. The van der Waals surface area contributed by atoms with Gasteiger partial charge in [0.05, 0.1) is 7.11 Å². The Hall–Kier alpha value is -1.62. The Kier molecular flexibility index (Phi) is 3.03. The molecule has 0 spiro atoms. The van der Waals surface area contributed by atoms with Gasteiger partial charge in [-0.2, -0.15) is 0 Å². The highest BCUT2D eigenvalue weighted by molar-refractivity contribution is 5.75. The van der Waals surface area contributed by atoms with Crippen molar-refractivity contribution >= 4 is 5.97 Å². The number of carboxylic acids is 1. The molecule has 3 N–H and O–H groups in total. The van der Waals surface area contributed by atoms with Crippen LogP contribution in [0.5, 0.6) is 5.75 Å². The highest BCUT2D eigenvalue weighted by Crippen LogP contribution is 2.20. The molecule has 1 aromatic carbocycles. The number of hydrogen-bond donors (Lipinski definition) is 2. The summed E-state index contributed by atoms with van der Waals surface area (Å²) in [4.78, 5) is 10.5. The molecule has 0 saturated carbocycles. The molecular formula is C9H10FNO3. The molecule has 0 aliphatic rings. The maximum absolute atomic E-state index is 12.9. The van der Waals surface area contributed by atoms with E-state index in [1.807, 2.05) is 0 Å². The van der Waals surface area contributed by atoms with Crippen LogP contribution in [0, 0.1) is 5.82 Å². The van der Waals surface area contributed by atoms with Crippen molar-refractivity contribution in [3.63, 3.8) is 0 Å². The van der Waals surface area contributed by atoms with Crippen LogP contribution in [0.4, 0.5) is 4.39 Å². The molecule has 0 aromatic heterocycles. The standard InChI is InChI=1S/C9H10FNO3/c1-14-7-3-5(2-6(10)4-7)8(11)9(12)13/h2-4,8H,11H2,1H3,(H,12,13). The third-order valence-electron chi connectivity index (χ3n) is 1.75. The van der Waals surface area contributed by atoms with Crippen molar-refractivity contribution in [3.8, 4) is 5.75 Å². The second kappa shape index (κ2) is 4.06. The lowest BCUT2D eigenvalue weighted by Crippen LogP contribution is -2.20.